The van der Waals surface area contributed by atoms with Gasteiger partial charge in [0.25, 0.3) is 0 Å². The summed E-state index contributed by atoms with van der Waals surface area (Å²) in [4.78, 5) is 0. The van der Waals surface area contributed by atoms with E-state index in [0.717, 1.165) is 27.8 Å². The molecular formula is C17H19FO. The lowest BCUT2D eigenvalue weighted by Gasteiger charge is -2.18. The lowest BCUT2D eigenvalue weighted by atomic mass is 9.91. The molecule has 0 aromatic heterocycles. The van der Waals surface area contributed by atoms with E-state index < -0.39 is 6.10 Å². The van der Waals surface area contributed by atoms with Crippen LogP contribution in [0.15, 0.2) is 30.3 Å². The highest BCUT2D eigenvalue weighted by Crippen LogP contribution is 2.30. The number of aliphatic hydroxyl groups excluding tert-OH is 1. The Hall–Kier alpha value is -1.67. The summed E-state index contributed by atoms with van der Waals surface area (Å²) >= 11 is 0. The van der Waals surface area contributed by atoms with Crippen molar-refractivity contribution in [2.24, 2.45) is 0 Å². The van der Waals surface area contributed by atoms with Gasteiger partial charge in [0.05, 0.1) is 0 Å². The van der Waals surface area contributed by atoms with Crippen LogP contribution in [0, 0.1) is 33.5 Å². The Morgan fingerprint density at radius 2 is 1.68 bits per heavy atom. The van der Waals surface area contributed by atoms with E-state index in [2.05, 4.69) is 0 Å². The Morgan fingerprint density at radius 1 is 1.00 bits per heavy atom. The van der Waals surface area contributed by atoms with Gasteiger partial charge < -0.3 is 5.11 Å². The number of aryl methyl sites for hydroxylation is 3. The fraction of sp³-hybridized carbons (Fsp3) is 0.294. The van der Waals surface area contributed by atoms with Gasteiger partial charge in [-0.3, -0.25) is 0 Å². The Kier molecular flexibility index (Phi) is 3.72. The highest BCUT2D eigenvalue weighted by molar-refractivity contribution is 5.43. The Bertz CT molecular complexity index is 594. The number of hydrogen-bond donors (Lipinski definition) is 1. The van der Waals surface area contributed by atoms with Gasteiger partial charge in [0, 0.05) is 5.56 Å². The van der Waals surface area contributed by atoms with Crippen molar-refractivity contribution in [2.75, 3.05) is 0 Å². The van der Waals surface area contributed by atoms with Crippen LogP contribution in [-0.2, 0) is 0 Å². The van der Waals surface area contributed by atoms with E-state index in [1.807, 2.05) is 52.0 Å². The molecule has 0 aliphatic heterocycles. The minimum absolute atomic E-state index is 0.342. The first-order chi connectivity index (χ1) is 8.91. The van der Waals surface area contributed by atoms with E-state index in [1.165, 1.54) is 6.07 Å². The van der Waals surface area contributed by atoms with Crippen molar-refractivity contribution in [3.63, 3.8) is 0 Å². The van der Waals surface area contributed by atoms with Gasteiger partial charge in [0.15, 0.2) is 0 Å². The van der Waals surface area contributed by atoms with Gasteiger partial charge >= 0.3 is 0 Å². The summed E-state index contributed by atoms with van der Waals surface area (Å²) in [6, 6.07) is 9.10. The summed E-state index contributed by atoms with van der Waals surface area (Å²) in [5.41, 5.74) is 4.90. The monoisotopic (exact) mass is 258 g/mol. The van der Waals surface area contributed by atoms with Gasteiger partial charge in [0.2, 0.25) is 0 Å². The van der Waals surface area contributed by atoms with Crippen LogP contribution in [0.1, 0.15) is 39.5 Å². The minimum Gasteiger partial charge on any atom is -0.384 e. The van der Waals surface area contributed by atoms with Crippen molar-refractivity contribution in [1.29, 1.82) is 0 Å². The standard InChI is InChI=1S/C17H19FO/c1-10-8-12(3)16(15(18)9-10)17(19)14-7-5-6-11(2)13(14)4/h5-9,17,19H,1-4H3. The van der Waals surface area contributed by atoms with Crippen molar-refractivity contribution in [3.8, 4) is 0 Å². The van der Waals surface area contributed by atoms with Crippen LogP contribution in [-0.4, -0.2) is 5.11 Å². The molecule has 1 N–H and O–H groups in total. The first-order valence-electron chi connectivity index (χ1n) is 6.42. The molecule has 0 bridgehead atoms. The quantitative estimate of drug-likeness (QED) is 0.858. The molecule has 0 fully saturated rings. The minimum atomic E-state index is -0.916. The van der Waals surface area contributed by atoms with Crippen LogP contribution in [0.2, 0.25) is 0 Å². The Balaban J connectivity index is 2.56. The number of rotatable bonds is 2. The van der Waals surface area contributed by atoms with E-state index in [1.54, 1.807) is 0 Å². The molecule has 2 rings (SSSR count). The fourth-order valence-corrected chi connectivity index (χ4v) is 2.50. The zero-order valence-corrected chi connectivity index (χ0v) is 11.8. The number of hydrogen-bond acceptors (Lipinski definition) is 1. The Morgan fingerprint density at radius 3 is 2.32 bits per heavy atom. The lowest BCUT2D eigenvalue weighted by molar-refractivity contribution is 0.213. The second kappa shape index (κ2) is 5.14. The molecule has 0 spiro atoms. The predicted octanol–water partition coefficient (Wildman–Crippen LogP) is 4.14. The van der Waals surface area contributed by atoms with Crippen LogP contribution >= 0.6 is 0 Å². The highest BCUT2D eigenvalue weighted by Gasteiger charge is 2.19. The smallest absolute Gasteiger partial charge is 0.129 e. The normalized spacial score (nSPS) is 12.5. The molecule has 0 aliphatic carbocycles. The summed E-state index contributed by atoms with van der Waals surface area (Å²) in [6.07, 6.45) is -0.916. The van der Waals surface area contributed by atoms with Crippen molar-refractivity contribution in [2.45, 2.75) is 33.8 Å². The van der Waals surface area contributed by atoms with Gasteiger partial charge in [-0.1, -0.05) is 24.3 Å². The van der Waals surface area contributed by atoms with Crippen molar-refractivity contribution >= 4 is 0 Å². The van der Waals surface area contributed by atoms with Crippen LogP contribution < -0.4 is 0 Å². The summed E-state index contributed by atoms with van der Waals surface area (Å²) in [7, 11) is 0. The second-order valence-corrected chi connectivity index (χ2v) is 5.17. The maximum atomic E-state index is 14.1. The molecule has 0 saturated carbocycles. The van der Waals surface area contributed by atoms with Gasteiger partial charge in [0.1, 0.15) is 11.9 Å². The third-order valence-electron chi connectivity index (χ3n) is 3.70. The molecule has 2 aromatic rings. The van der Waals surface area contributed by atoms with Gasteiger partial charge in [-0.15, -0.1) is 0 Å². The summed E-state index contributed by atoms with van der Waals surface area (Å²) < 4.78 is 14.1. The molecule has 2 heteroatoms. The van der Waals surface area contributed by atoms with Crippen LogP contribution in [0.5, 0.6) is 0 Å². The SMILES string of the molecule is Cc1cc(C)c(C(O)c2cccc(C)c2C)c(F)c1. The van der Waals surface area contributed by atoms with E-state index >= 15 is 0 Å². The topological polar surface area (TPSA) is 20.2 Å². The maximum absolute atomic E-state index is 14.1. The maximum Gasteiger partial charge on any atom is 0.129 e. The van der Waals surface area contributed by atoms with Crippen LogP contribution in [0.4, 0.5) is 4.39 Å². The molecule has 1 nitrogen and oxygen atoms in total. The largest absolute Gasteiger partial charge is 0.384 e. The molecule has 100 valence electrons. The predicted molar refractivity (Wildman–Crippen MR) is 75.9 cm³/mol. The summed E-state index contributed by atoms with van der Waals surface area (Å²) in [5, 5.41) is 10.5. The molecule has 1 atom stereocenters. The third-order valence-corrected chi connectivity index (χ3v) is 3.70. The fourth-order valence-electron chi connectivity index (χ4n) is 2.50. The number of benzene rings is 2. The van der Waals surface area contributed by atoms with E-state index in [0.29, 0.717) is 5.56 Å². The molecular weight excluding hydrogens is 239 g/mol. The average molecular weight is 258 g/mol. The lowest BCUT2D eigenvalue weighted by Crippen LogP contribution is -2.08. The Labute approximate surface area is 113 Å². The molecule has 0 radical (unpaired) electrons. The van der Waals surface area contributed by atoms with Crippen molar-refractivity contribution in [3.05, 3.63) is 69.5 Å². The molecule has 0 heterocycles. The molecule has 0 aliphatic rings. The second-order valence-electron chi connectivity index (χ2n) is 5.17. The molecule has 2 aromatic carbocycles. The first-order valence-corrected chi connectivity index (χ1v) is 6.42. The van der Waals surface area contributed by atoms with E-state index in [9.17, 15) is 9.50 Å². The van der Waals surface area contributed by atoms with Gasteiger partial charge in [-0.25, -0.2) is 4.39 Å². The zero-order chi connectivity index (χ0) is 14.2. The molecule has 0 amide bonds. The zero-order valence-electron chi connectivity index (χ0n) is 11.8. The average Bonchev–Trinajstić information content (AvgIpc) is 2.31. The van der Waals surface area contributed by atoms with Crippen molar-refractivity contribution in [1.82, 2.24) is 0 Å². The molecule has 19 heavy (non-hydrogen) atoms. The van der Waals surface area contributed by atoms with Gasteiger partial charge in [-0.05, 0) is 61.6 Å². The van der Waals surface area contributed by atoms with Crippen LogP contribution in [0.25, 0.3) is 0 Å². The molecule has 0 saturated heterocycles. The summed E-state index contributed by atoms with van der Waals surface area (Å²) in [6.45, 7) is 7.63. The number of halogens is 1. The summed E-state index contributed by atoms with van der Waals surface area (Å²) in [5.74, 6) is -0.342. The highest BCUT2D eigenvalue weighted by atomic mass is 19.1. The first kappa shape index (κ1) is 13.8. The van der Waals surface area contributed by atoms with Crippen LogP contribution in [0.3, 0.4) is 0 Å². The van der Waals surface area contributed by atoms with Crippen molar-refractivity contribution < 1.29 is 9.50 Å². The van der Waals surface area contributed by atoms with E-state index in [4.69, 9.17) is 0 Å². The number of aliphatic hydroxyl groups is 1. The molecule has 1 unspecified atom stereocenters. The third kappa shape index (κ3) is 2.54. The van der Waals surface area contributed by atoms with E-state index in [-0.39, 0.29) is 5.82 Å². The van der Waals surface area contributed by atoms with Gasteiger partial charge in [-0.2, -0.15) is 0 Å².